The molecule has 0 saturated carbocycles. The number of methoxy groups -OCH3 is 12. The Bertz CT molecular complexity index is 3340. The first-order valence-corrected chi connectivity index (χ1v) is 24.2. The van der Waals surface area contributed by atoms with E-state index in [4.69, 9.17) is 76.8 Å². The van der Waals surface area contributed by atoms with Gasteiger partial charge in [-0.25, -0.2) is 29.1 Å². The van der Waals surface area contributed by atoms with Crippen LogP contribution in [0.1, 0.15) is 64.2 Å². The largest absolute Gasteiger partial charge is 2.00 e. The Labute approximate surface area is 477 Å². The summed E-state index contributed by atoms with van der Waals surface area (Å²) in [7, 11) is 16.7. The van der Waals surface area contributed by atoms with E-state index in [0.717, 1.165) is 0 Å². The van der Waals surface area contributed by atoms with E-state index in [9.17, 15) is 19.2 Å². The quantitative estimate of drug-likeness (QED) is 0.0497. The standard InChI is InChI=1S/C60H53N4O16.Zn/c1-69-41-21-29(57(65)77-9)22-42(70-2)53(41)49-33-13-15-35(61-33)50(54-43(71-3)23-30(58(66)78-10)24-44(54)72-4)37-17-19-39(63-37)52(56-47(75-7)27-32(60(68)80-12)28-48(56)76-8)40-20-18-38(64-40)51(36-16-14-34(49)62-36)55-45(73-5)25-31(59(67)79-11)26-46(55)74-6;/h13-28H,1-12H3,(H-,61,62,63,64,65,66,67,68);/q-1;+2/p-1. The molecule has 0 unspecified atom stereocenters. The summed E-state index contributed by atoms with van der Waals surface area (Å²) in [6.07, 6.45) is 7.11. The van der Waals surface area contributed by atoms with Gasteiger partial charge in [-0.05, 0) is 72.8 Å². The zero-order valence-corrected chi connectivity index (χ0v) is 49.2. The molecule has 2 aliphatic heterocycles. The number of aromatic nitrogens is 4. The van der Waals surface area contributed by atoms with Crippen molar-refractivity contribution in [3.05, 3.63) is 118 Å². The van der Waals surface area contributed by atoms with Gasteiger partial charge in [-0.2, -0.15) is 0 Å². The van der Waals surface area contributed by atoms with Gasteiger partial charge >= 0.3 is 43.4 Å². The van der Waals surface area contributed by atoms with Crippen LogP contribution in [0.4, 0.5) is 0 Å². The topological polar surface area (TPSA) is 233 Å². The van der Waals surface area contributed by atoms with Gasteiger partial charge < -0.3 is 66.8 Å². The summed E-state index contributed by atoms with van der Waals surface area (Å²) in [5, 5.41) is 0. The third-order valence-electron chi connectivity index (χ3n) is 13.3. The molecule has 2 aliphatic rings. The monoisotopic (exact) mass is 1150 g/mol. The summed E-state index contributed by atoms with van der Waals surface area (Å²) in [4.78, 5) is 73.9. The summed E-state index contributed by atoms with van der Waals surface area (Å²) in [5.41, 5.74) is 6.27. The summed E-state index contributed by atoms with van der Waals surface area (Å²) in [6.45, 7) is 0. The fraction of sp³-hybridized carbons (Fsp3) is 0.200. The third-order valence-corrected chi connectivity index (χ3v) is 13.3. The van der Waals surface area contributed by atoms with Crippen LogP contribution >= 0.6 is 0 Å². The molecule has 0 atom stereocenters. The first-order chi connectivity index (χ1) is 38.8. The van der Waals surface area contributed by atoms with Crippen LogP contribution in [-0.4, -0.2) is 119 Å². The van der Waals surface area contributed by atoms with Gasteiger partial charge in [0.2, 0.25) is 0 Å². The molecule has 0 spiro atoms. The third kappa shape index (κ3) is 10.3. The zero-order valence-electron chi connectivity index (χ0n) is 46.3. The molecule has 8 bridgehead atoms. The number of rotatable bonds is 16. The number of hydrogen-bond acceptors (Lipinski definition) is 18. The molecule has 0 saturated heterocycles. The van der Waals surface area contributed by atoms with Gasteiger partial charge in [0, 0.05) is 22.3 Å². The normalized spacial score (nSPS) is 11.2. The van der Waals surface area contributed by atoms with Crippen LogP contribution in [0.15, 0.2) is 72.8 Å². The maximum Gasteiger partial charge on any atom is 2.00 e. The van der Waals surface area contributed by atoms with E-state index in [2.05, 4.69) is 0 Å². The number of carbonyl (C=O) groups excluding carboxylic acids is 4. The van der Waals surface area contributed by atoms with Crippen molar-refractivity contribution in [1.29, 1.82) is 0 Å². The van der Waals surface area contributed by atoms with Crippen molar-refractivity contribution in [2.75, 3.05) is 85.3 Å². The van der Waals surface area contributed by atoms with Crippen molar-refractivity contribution in [1.82, 2.24) is 19.9 Å². The van der Waals surface area contributed by atoms with E-state index in [1.165, 1.54) is 134 Å². The van der Waals surface area contributed by atoms with Crippen LogP contribution in [-0.2, 0) is 38.4 Å². The molecule has 0 fully saturated rings. The van der Waals surface area contributed by atoms with Gasteiger partial charge in [-0.15, -0.1) is 22.1 Å². The van der Waals surface area contributed by atoms with Gasteiger partial charge in [0.25, 0.3) is 0 Å². The number of nitrogens with zero attached hydrogens (tertiary/aromatic N) is 4. The van der Waals surface area contributed by atoms with Gasteiger partial charge in [-0.1, -0.05) is 24.3 Å². The minimum absolute atomic E-state index is 0. The fourth-order valence-corrected chi connectivity index (χ4v) is 9.69. The second-order valence-electron chi connectivity index (χ2n) is 17.4. The summed E-state index contributed by atoms with van der Waals surface area (Å²) in [5.74, 6) is -0.909. The van der Waals surface area contributed by atoms with E-state index in [1.807, 2.05) is 0 Å². The molecule has 20 nitrogen and oxygen atoms in total. The average Bonchev–Trinajstić information content (AvgIpc) is 4.37. The fourth-order valence-electron chi connectivity index (χ4n) is 9.69. The number of hydrogen-bond donors (Lipinski definition) is 0. The molecule has 0 radical (unpaired) electrons. The molecule has 7 aromatic rings. The van der Waals surface area contributed by atoms with Gasteiger partial charge in [0.05, 0.1) is 153 Å². The predicted molar refractivity (Wildman–Crippen MR) is 296 cm³/mol. The molecule has 0 N–H and O–H groups in total. The number of fused-ring (bicyclic) bond motifs is 8. The predicted octanol–water partition coefficient (Wildman–Crippen LogP) is 9.79. The van der Waals surface area contributed by atoms with Gasteiger partial charge in [-0.3, -0.25) is 0 Å². The minimum Gasteiger partial charge on any atom is -0.657 e. The Morgan fingerprint density at radius 2 is 0.469 bits per heavy atom. The zero-order chi connectivity index (χ0) is 57.1. The molecule has 3 aromatic heterocycles. The number of esters is 4. The van der Waals surface area contributed by atoms with Crippen molar-refractivity contribution >= 4 is 70.2 Å². The van der Waals surface area contributed by atoms with Crippen molar-refractivity contribution in [2.45, 2.75) is 0 Å². The summed E-state index contributed by atoms with van der Waals surface area (Å²) >= 11 is 0. The molecule has 410 valence electrons. The molecular formula is C60H52N4O16Zn. The van der Waals surface area contributed by atoms with Crippen molar-refractivity contribution < 1.29 is 95.5 Å². The van der Waals surface area contributed by atoms with Crippen LogP contribution in [0.25, 0.3) is 90.9 Å². The summed E-state index contributed by atoms with van der Waals surface area (Å²) < 4.78 is 68.9. The molecule has 21 heteroatoms. The van der Waals surface area contributed by atoms with Crippen LogP contribution in [0.5, 0.6) is 46.0 Å². The summed E-state index contributed by atoms with van der Waals surface area (Å²) in [6, 6.07) is 19.3. The van der Waals surface area contributed by atoms with Gasteiger partial charge in [0.15, 0.2) is 0 Å². The van der Waals surface area contributed by atoms with Gasteiger partial charge in [0.1, 0.15) is 46.0 Å². The maximum absolute atomic E-state index is 13.1. The van der Waals surface area contributed by atoms with Crippen molar-refractivity contribution in [3.8, 4) is 90.5 Å². The molecular weight excluding hydrogens is 1100 g/mol. The Hall–Kier alpha value is -9.62. The van der Waals surface area contributed by atoms with Crippen LogP contribution < -0.4 is 47.9 Å². The Balaban J connectivity index is 0.00000860. The second-order valence-corrected chi connectivity index (χ2v) is 17.4. The van der Waals surface area contributed by atoms with E-state index in [-0.39, 0.29) is 87.7 Å². The molecule has 5 heterocycles. The number of benzene rings is 4. The van der Waals surface area contributed by atoms with E-state index in [0.29, 0.717) is 89.4 Å². The molecule has 9 rings (SSSR count). The molecule has 81 heavy (non-hydrogen) atoms. The van der Waals surface area contributed by atoms with Crippen LogP contribution in [0.2, 0.25) is 0 Å². The van der Waals surface area contributed by atoms with E-state index < -0.39 is 23.9 Å². The number of carbonyl (C=O) groups is 4. The average molecular weight is 1150 g/mol. The van der Waals surface area contributed by atoms with Crippen molar-refractivity contribution in [3.63, 3.8) is 0 Å². The Kier molecular flexibility index (Phi) is 17.2. The van der Waals surface area contributed by atoms with Crippen molar-refractivity contribution in [2.24, 2.45) is 0 Å². The molecule has 0 aliphatic carbocycles. The first kappa shape index (κ1) is 57.6. The SMILES string of the molecule is COC(=O)c1cc(OC)c(-c2c3nc(c(-c4c(OC)cc(C(=O)OC)cc4OC)c4ccc([n-]4)c(-c4c(OC)cc(C(=O)OC)cc4OC)c4nc(c(-c5c(OC)cc(C(=O)OC)cc5OC)c5ccc2[n-]5)C=C4)C=C3)c(OC)c1.[Zn+2]. The Morgan fingerprint density at radius 1 is 0.296 bits per heavy atom. The number of ether oxygens (including phenoxy) is 12. The van der Waals surface area contributed by atoms with Crippen LogP contribution in [0, 0.1) is 0 Å². The van der Waals surface area contributed by atoms with E-state index in [1.54, 1.807) is 48.6 Å². The maximum atomic E-state index is 13.1. The minimum atomic E-state index is -0.641. The smallest absolute Gasteiger partial charge is 0.657 e. The van der Waals surface area contributed by atoms with E-state index >= 15 is 0 Å². The molecule has 4 aromatic carbocycles. The first-order valence-electron chi connectivity index (χ1n) is 24.2. The molecule has 0 amide bonds. The van der Waals surface area contributed by atoms with Crippen LogP contribution in [0.3, 0.4) is 0 Å². The Morgan fingerprint density at radius 3 is 0.617 bits per heavy atom. The second kappa shape index (κ2) is 24.2.